The normalized spacial score (nSPS) is 13.3. The highest BCUT2D eigenvalue weighted by atomic mass is 32.2. The van der Waals surface area contributed by atoms with Crippen LogP contribution >= 0.6 is 11.8 Å². The number of aliphatic hydroxyl groups excluding tert-OH is 2. The Balaban J connectivity index is 6.01. The lowest BCUT2D eigenvalue weighted by Crippen LogP contribution is -2.60. The third-order valence-corrected chi connectivity index (χ3v) is 17.0. The highest BCUT2D eigenvalue weighted by molar-refractivity contribution is 7.99. The number of unbranched alkanes of at least 4 members (excludes halogenated alkanes) is 36. The Bertz CT molecular complexity index is 1850. The molecule has 0 saturated heterocycles. The van der Waals surface area contributed by atoms with Crippen molar-refractivity contribution in [3.05, 3.63) is 0 Å². The second kappa shape index (κ2) is 58.8. The van der Waals surface area contributed by atoms with Gasteiger partial charge in [-0.25, -0.2) is 0 Å². The highest BCUT2D eigenvalue weighted by Crippen LogP contribution is 2.18. The van der Waals surface area contributed by atoms with E-state index in [2.05, 4.69) is 47.4 Å². The molecular formula is C67H124N6O14S. The Morgan fingerprint density at radius 1 is 0.398 bits per heavy atom. The van der Waals surface area contributed by atoms with Crippen molar-refractivity contribution < 1.29 is 67.9 Å². The van der Waals surface area contributed by atoms with Gasteiger partial charge < -0.3 is 57.1 Å². The zero-order chi connectivity index (χ0) is 65.3. The van der Waals surface area contributed by atoms with Crippen molar-refractivity contribution in [3.63, 3.8) is 0 Å². The van der Waals surface area contributed by atoms with Gasteiger partial charge in [0, 0.05) is 30.8 Å². The summed E-state index contributed by atoms with van der Waals surface area (Å²) >= 11 is 1.15. The molecule has 0 aliphatic heterocycles. The number of ether oxygens (including phenoxy) is 2. The number of nitrogens with two attached hydrogens (primary N) is 1. The molecule has 0 aliphatic rings. The van der Waals surface area contributed by atoms with E-state index < -0.39 is 109 Å². The number of thioether (sulfide) groups is 1. The summed E-state index contributed by atoms with van der Waals surface area (Å²) in [6, 6.07) is -7.92. The largest absolute Gasteiger partial charge is 0.480 e. The summed E-state index contributed by atoms with van der Waals surface area (Å²) in [5, 5.41) is 41.4. The minimum atomic E-state index is -1.79. The van der Waals surface area contributed by atoms with E-state index in [1.807, 2.05) is 0 Å². The molecular weight excluding hydrogens is 1140 g/mol. The van der Waals surface area contributed by atoms with Gasteiger partial charge in [-0.3, -0.25) is 43.2 Å². The summed E-state index contributed by atoms with van der Waals surface area (Å²) in [4.78, 5) is 117. The summed E-state index contributed by atoms with van der Waals surface area (Å²) in [5.41, 5.74) is 5.26. The third-order valence-electron chi connectivity index (χ3n) is 15.8. The summed E-state index contributed by atoms with van der Waals surface area (Å²) in [6.07, 6.45) is 43.7. The fourth-order valence-electron chi connectivity index (χ4n) is 10.3. The molecule has 88 heavy (non-hydrogen) atoms. The van der Waals surface area contributed by atoms with Crippen LogP contribution in [0.15, 0.2) is 0 Å². The number of rotatable bonds is 63. The average molecular weight is 1270 g/mol. The van der Waals surface area contributed by atoms with E-state index >= 15 is 0 Å². The van der Waals surface area contributed by atoms with Gasteiger partial charge in [-0.05, 0) is 26.2 Å². The molecule has 0 radical (unpaired) electrons. The summed E-state index contributed by atoms with van der Waals surface area (Å²) in [6.45, 7) is 5.57. The predicted octanol–water partition coefficient (Wildman–Crippen LogP) is 11.0. The number of primary amides is 1. The molecule has 0 rings (SSSR count). The molecule has 0 aromatic heterocycles. The van der Waals surface area contributed by atoms with Crippen LogP contribution in [-0.2, 0) is 52.6 Å². The van der Waals surface area contributed by atoms with Crippen LogP contribution < -0.4 is 32.3 Å². The number of aliphatic hydroxyl groups is 2. The Hall–Kier alpha value is -4.50. The molecule has 0 aromatic carbocycles. The first-order valence-corrected chi connectivity index (χ1v) is 35.8. The van der Waals surface area contributed by atoms with Gasteiger partial charge in [0.1, 0.15) is 42.9 Å². The monoisotopic (exact) mass is 1270 g/mol. The van der Waals surface area contributed by atoms with Gasteiger partial charge in [0.05, 0.1) is 19.6 Å². The first-order chi connectivity index (χ1) is 42.5. The molecule has 6 atom stereocenters. The second-order valence-corrected chi connectivity index (χ2v) is 25.3. The summed E-state index contributed by atoms with van der Waals surface area (Å²) in [5.74, 6) is -8.00. The second-order valence-electron chi connectivity index (χ2n) is 24.2. The number of amides is 6. The Morgan fingerprint density at radius 3 is 1.07 bits per heavy atom. The standard InChI is InChI=1S/C67H124N6O14S/c1-5-8-11-14-17-20-23-26-29-32-35-38-41-44-60(77)70-58(66(83)73-57(49-75)65(82)72-56(48-74)64(81)71-55(47-59(68)76)63(80)69-53(4)67(84)85)52-88-51-54(87-62(79)46-43-40-37-34-31-28-25-22-19-16-13-10-7-3)50-86-61(78)45-42-39-36-33-30-27-24-21-18-15-12-9-6-2/h53-58,74-75H,5-52H2,1-4H3,(H2,68,76)(H,69,80)(H,70,77)(H,71,81)(H,72,82)(H,73,83)(H,84,85). The van der Waals surface area contributed by atoms with Crippen LogP contribution in [0, 0.1) is 0 Å². The number of carboxylic acid groups (broad SMARTS) is 1. The van der Waals surface area contributed by atoms with Gasteiger partial charge in [0.25, 0.3) is 0 Å². The molecule has 21 heteroatoms. The van der Waals surface area contributed by atoms with Crippen molar-refractivity contribution in [2.45, 2.75) is 340 Å². The van der Waals surface area contributed by atoms with Crippen LogP contribution in [0.3, 0.4) is 0 Å². The van der Waals surface area contributed by atoms with Gasteiger partial charge in [-0.2, -0.15) is 11.8 Å². The van der Waals surface area contributed by atoms with E-state index in [0.717, 1.165) is 82.9 Å². The van der Waals surface area contributed by atoms with Crippen molar-refractivity contribution in [1.29, 1.82) is 0 Å². The van der Waals surface area contributed by atoms with Gasteiger partial charge in [-0.15, -0.1) is 0 Å². The Labute approximate surface area is 534 Å². The van der Waals surface area contributed by atoms with E-state index in [0.29, 0.717) is 19.3 Å². The number of carbonyl (C=O) groups is 9. The number of hydrogen-bond acceptors (Lipinski definition) is 14. The number of aliphatic carboxylic acids is 1. The maximum absolute atomic E-state index is 14.1. The topological polar surface area (TPSA) is 319 Å². The number of hydrogen-bond donors (Lipinski definition) is 9. The predicted molar refractivity (Wildman–Crippen MR) is 350 cm³/mol. The van der Waals surface area contributed by atoms with Crippen LogP contribution in [0.1, 0.15) is 304 Å². The quantitative estimate of drug-likeness (QED) is 0.0202. The molecule has 0 aliphatic carbocycles. The molecule has 512 valence electrons. The summed E-state index contributed by atoms with van der Waals surface area (Å²) in [7, 11) is 0. The lowest BCUT2D eigenvalue weighted by molar-refractivity contribution is -0.157. The van der Waals surface area contributed by atoms with Crippen molar-refractivity contribution in [1.82, 2.24) is 26.6 Å². The van der Waals surface area contributed by atoms with Crippen molar-refractivity contribution in [2.75, 3.05) is 31.3 Å². The molecule has 6 unspecified atom stereocenters. The van der Waals surface area contributed by atoms with Crippen molar-refractivity contribution in [3.8, 4) is 0 Å². The maximum atomic E-state index is 14.1. The first-order valence-electron chi connectivity index (χ1n) is 34.7. The third kappa shape index (κ3) is 49.3. The number of nitrogens with one attached hydrogen (secondary N) is 5. The first kappa shape index (κ1) is 83.5. The van der Waals surface area contributed by atoms with E-state index in [4.69, 9.17) is 15.2 Å². The molecule has 0 heterocycles. The Kier molecular flexibility index (Phi) is 55.8. The van der Waals surface area contributed by atoms with Crippen LogP contribution in [0.2, 0.25) is 0 Å². The lowest BCUT2D eigenvalue weighted by Gasteiger charge is -2.25. The van der Waals surface area contributed by atoms with E-state index in [1.54, 1.807) is 0 Å². The maximum Gasteiger partial charge on any atom is 0.325 e. The lowest BCUT2D eigenvalue weighted by atomic mass is 10.0. The number of carboxylic acids is 1. The zero-order valence-electron chi connectivity index (χ0n) is 55.2. The number of carbonyl (C=O) groups excluding carboxylic acids is 8. The SMILES string of the molecule is CCCCCCCCCCCCCCCC(=O)NC(CSCC(COC(=O)CCCCCCCCCCCCCCC)OC(=O)CCCCCCCCCCCCCCC)C(=O)NC(CO)C(=O)NC(CO)C(=O)NC(CC(N)=O)C(=O)NC(C)C(=O)O. The van der Waals surface area contributed by atoms with Crippen LogP contribution in [0.25, 0.3) is 0 Å². The Morgan fingerprint density at radius 2 is 0.716 bits per heavy atom. The van der Waals surface area contributed by atoms with E-state index in [9.17, 15) is 58.5 Å². The zero-order valence-corrected chi connectivity index (χ0v) is 56.0. The smallest absolute Gasteiger partial charge is 0.325 e. The minimum absolute atomic E-state index is 0.0794. The number of esters is 2. The van der Waals surface area contributed by atoms with Gasteiger partial charge >= 0.3 is 17.9 Å². The van der Waals surface area contributed by atoms with Gasteiger partial charge in [0.15, 0.2) is 0 Å². The summed E-state index contributed by atoms with van der Waals surface area (Å²) < 4.78 is 11.6. The van der Waals surface area contributed by atoms with Crippen LogP contribution in [-0.4, -0.2) is 136 Å². The average Bonchev–Trinajstić information content (AvgIpc) is 2.79. The van der Waals surface area contributed by atoms with E-state index in [1.165, 1.54) is 167 Å². The highest BCUT2D eigenvalue weighted by Gasteiger charge is 2.33. The van der Waals surface area contributed by atoms with Gasteiger partial charge in [-0.1, -0.05) is 252 Å². The molecule has 10 N–H and O–H groups in total. The molecule has 6 amide bonds. The van der Waals surface area contributed by atoms with Crippen LogP contribution in [0.4, 0.5) is 0 Å². The molecule has 0 aromatic rings. The van der Waals surface area contributed by atoms with Crippen molar-refractivity contribution >= 4 is 65.1 Å². The molecule has 0 fully saturated rings. The molecule has 20 nitrogen and oxygen atoms in total. The molecule has 0 spiro atoms. The fourth-order valence-corrected chi connectivity index (χ4v) is 11.3. The van der Waals surface area contributed by atoms with E-state index in [-0.39, 0.29) is 37.4 Å². The molecule has 0 bridgehead atoms. The van der Waals surface area contributed by atoms with Crippen LogP contribution in [0.5, 0.6) is 0 Å². The fraction of sp³-hybridized carbons (Fsp3) is 0.866. The van der Waals surface area contributed by atoms with Crippen molar-refractivity contribution in [2.24, 2.45) is 5.73 Å². The molecule has 0 saturated carbocycles. The van der Waals surface area contributed by atoms with Gasteiger partial charge in [0.2, 0.25) is 35.4 Å². The minimum Gasteiger partial charge on any atom is -0.480 e.